The highest BCUT2D eigenvalue weighted by molar-refractivity contribution is 7.07. The number of hydrogen-bond donors (Lipinski definition) is 2. The lowest BCUT2D eigenvalue weighted by molar-refractivity contribution is -0.116. The Morgan fingerprint density at radius 1 is 1.48 bits per heavy atom. The Balaban J connectivity index is 1.86. The zero-order chi connectivity index (χ0) is 15.2. The molecule has 1 heterocycles. The summed E-state index contributed by atoms with van der Waals surface area (Å²) < 4.78 is 13.0. The van der Waals surface area contributed by atoms with E-state index in [1.54, 1.807) is 6.07 Å². The third-order valence-electron chi connectivity index (χ3n) is 2.77. The lowest BCUT2D eigenvalue weighted by Gasteiger charge is -2.08. The van der Waals surface area contributed by atoms with Crippen LogP contribution < -0.4 is 5.32 Å². The smallest absolute Gasteiger partial charge is 0.244 e. The van der Waals surface area contributed by atoms with Gasteiger partial charge in [-0.1, -0.05) is 17.7 Å². The molecule has 1 aromatic carbocycles. The third kappa shape index (κ3) is 4.67. The zero-order valence-electron chi connectivity index (χ0n) is 10.9. The van der Waals surface area contributed by atoms with Crippen LogP contribution in [-0.2, 0) is 4.79 Å². The van der Waals surface area contributed by atoms with Crippen molar-refractivity contribution < 1.29 is 14.3 Å². The lowest BCUT2D eigenvalue weighted by atomic mass is 10.2. The maximum absolute atomic E-state index is 13.0. The molecule has 0 spiro atoms. The van der Waals surface area contributed by atoms with E-state index in [0.717, 1.165) is 5.56 Å². The fourth-order valence-corrected chi connectivity index (χ4v) is 2.52. The molecule has 6 heteroatoms. The number of halogens is 2. The van der Waals surface area contributed by atoms with Crippen LogP contribution in [0.15, 0.2) is 41.1 Å². The molecule has 0 aliphatic heterocycles. The van der Waals surface area contributed by atoms with E-state index in [1.165, 1.54) is 41.7 Å². The van der Waals surface area contributed by atoms with E-state index in [0.29, 0.717) is 5.56 Å². The number of thiophene rings is 1. The van der Waals surface area contributed by atoms with E-state index in [9.17, 15) is 14.3 Å². The van der Waals surface area contributed by atoms with Gasteiger partial charge in [0.05, 0.1) is 11.1 Å². The molecular weight excluding hydrogens is 313 g/mol. The first kappa shape index (κ1) is 15.7. The molecule has 2 aromatic rings. The summed E-state index contributed by atoms with van der Waals surface area (Å²) in [7, 11) is 0. The molecule has 1 atom stereocenters. The summed E-state index contributed by atoms with van der Waals surface area (Å²) in [5.41, 5.74) is 1.39. The van der Waals surface area contributed by atoms with Crippen LogP contribution in [0.1, 0.15) is 17.2 Å². The standard InChI is InChI=1S/C15H13ClFNO2S/c16-12-7-10(1-3-13(12)17)2-4-15(20)18-8-14(19)11-5-6-21-9-11/h1-7,9,14,19H,8H2,(H,18,20)/b4-2+. The van der Waals surface area contributed by atoms with Crippen LogP contribution in [0.4, 0.5) is 4.39 Å². The summed E-state index contributed by atoms with van der Waals surface area (Å²) in [6.45, 7) is 0.129. The Morgan fingerprint density at radius 2 is 2.29 bits per heavy atom. The topological polar surface area (TPSA) is 49.3 Å². The van der Waals surface area contributed by atoms with E-state index in [2.05, 4.69) is 5.32 Å². The van der Waals surface area contributed by atoms with Gasteiger partial charge in [-0.15, -0.1) is 0 Å². The van der Waals surface area contributed by atoms with E-state index in [-0.39, 0.29) is 17.5 Å². The van der Waals surface area contributed by atoms with Crippen LogP contribution in [0.25, 0.3) is 6.08 Å². The highest BCUT2D eigenvalue weighted by Gasteiger charge is 2.08. The van der Waals surface area contributed by atoms with Gasteiger partial charge in [0.2, 0.25) is 5.91 Å². The quantitative estimate of drug-likeness (QED) is 0.828. The van der Waals surface area contributed by atoms with E-state index < -0.39 is 11.9 Å². The zero-order valence-corrected chi connectivity index (χ0v) is 12.5. The first-order valence-electron chi connectivity index (χ1n) is 6.17. The third-order valence-corrected chi connectivity index (χ3v) is 3.76. The van der Waals surface area contributed by atoms with Crippen molar-refractivity contribution in [3.05, 3.63) is 63.1 Å². The molecule has 0 saturated heterocycles. The Bertz CT molecular complexity index is 643. The molecule has 1 unspecified atom stereocenters. The van der Waals surface area contributed by atoms with Gasteiger partial charge in [0.15, 0.2) is 0 Å². The number of aliphatic hydroxyl groups excluding tert-OH is 1. The SMILES string of the molecule is O=C(/C=C/c1ccc(F)c(Cl)c1)NCC(O)c1ccsc1. The Hall–Kier alpha value is -1.69. The van der Waals surface area contributed by atoms with Crippen molar-refractivity contribution in [2.45, 2.75) is 6.10 Å². The summed E-state index contributed by atoms with van der Waals surface area (Å²) in [4.78, 5) is 11.6. The first-order valence-corrected chi connectivity index (χ1v) is 7.49. The van der Waals surface area contributed by atoms with Gasteiger partial charge in [-0.25, -0.2) is 4.39 Å². The second-order valence-corrected chi connectivity index (χ2v) is 5.51. The molecule has 110 valence electrons. The minimum Gasteiger partial charge on any atom is -0.387 e. The molecule has 0 radical (unpaired) electrons. The largest absolute Gasteiger partial charge is 0.387 e. The number of hydrogen-bond acceptors (Lipinski definition) is 3. The molecule has 0 aliphatic rings. The lowest BCUT2D eigenvalue weighted by Crippen LogP contribution is -2.26. The number of nitrogens with one attached hydrogen (secondary N) is 1. The van der Waals surface area contributed by atoms with Crippen molar-refractivity contribution in [3.8, 4) is 0 Å². The summed E-state index contributed by atoms with van der Waals surface area (Å²) in [5, 5.41) is 16.1. The molecule has 21 heavy (non-hydrogen) atoms. The molecule has 0 bridgehead atoms. The second kappa shape index (κ2) is 7.36. The summed E-state index contributed by atoms with van der Waals surface area (Å²) >= 11 is 7.13. The second-order valence-electron chi connectivity index (χ2n) is 4.32. The molecule has 2 N–H and O–H groups in total. The van der Waals surface area contributed by atoms with Crippen LogP contribution in [0.5, 0.6) is 0 Å². The normalized spacial score (nSPS) is 12.5. The number of amides is 1. The molecule has 2 rings (SSSR count). The van der Waals surface area contributed by atoms with Crippen molar-refractivity contribution in [1.82, 2.24) is 5.32 Å². The maximum Gasteiger partial charge on any atom is 0.244 e. The fraction of sp³-hybridized carbons (Fsp3) is 0.133. The van der Waals surface area contributed by atoms with Gasteiger partial charge < -0.3 is 10.4 Å². The predicted octanol–water partition coefficient (Wildman–Crippen LogP) is 3.40. The highest BCUT2D eigenvalue weighted by atomic mass is 35.5. The van der Waals surface area contributed by atoms with Gasteiger partial charge in [-0.05, 0) is 46.2 Å². The van der Waals surface area contributed by atoms with Crippen molar-refractivity contribution in [2.75, 3.05) is 6.54 Å². The average molecular weight is 326 g/mol. The number of carbonyl (C=O) groups excluding carboxylic acids is 1. The number of carbonyl (C=O) groups is 1. The first-order chi connectivity index (χ1) is 10.1. The predicted molar refractivity (Wildman–Crippen MR) is 82.7 cm³/mol. The van der Waals surface area contributed by atoms with E-state index >= 15 is 0 Å². The minimum absolute atomic E-state index is 0.00504. The molecule has 0 fully saturated rings. The molecule has 1 aromatic heterocycles. The van der Waals surface area contributed by atoms with Crippen molar-refractivity contribution >= 4 is 34.9 Å². The average Bonchev–Trinajstić information content (AvgIpc) is 3.00. The highest BCUT2D eigenvalue weighted by Crippen LogP contribution is 2.17. The Kier molecular flexibility index (Phi) is 5.50. The van der Waals surface area contributed by atoms with Gasteiger partial charge in [-0.2, -0.15) is 11.3 Å². The van der Waals surface area contributed by atoms with Gasteiger partial charge in [0, 0.05) is 12.6 Å². The molecule has 3 nitrogen and oxygen atoms in total. The van der Waals surface area contributed by atoms with Crippen LogP contribution in [0, 0.1) is 5.82 Å². The van der Waals surface area contributed by atoms with Crippen LogP contribution in [-0.4, -0.2) is 17.6 Å². The molecule has 0 aliphatic carbocycles. The fourth-order valence-electron chi connectivity index (χ4n) is 1.63. The van der Waals surface area contributed by atoms with Gasteiger partial charge in [0.25, 0.3) is 0 Å². The van der Waals surface area contributed by atoms with Crippen molar-refractivity contribution in [2.24, 2.45) is 0 Å². The number of rotatable bonds is 5. The van der Waals surface area contributed by atoms with Crippen molar-refractivity contribution in [1.29, 1.82) is 0 Å². The van der Waals surface area contributed by atoms with Crippen molar-refractivity contribution in [3.63, 3.8) is 0 Å². The Labute approximate surface area is 130 Å². The monoisotopic (exact) mass is 325 g/mol. The van der Waals surface area contributed by atoms with Gasteiger partial charge >= 0.3 is 0 Å². The summed E-state index contributed by atoms with van der Waals surface area (Å²) in [6.07, 6.45) is 2.11. The van der Waals surface area contributed by atoms with Crippen LogP contribution >= 0.6 is 22.9 Å². The minimum atomic E-state index is -0.728. The van der Waals surface area contributed by atoms with E-state index in [1.807, 2.05) is 10.8 Å². The van der Waals surface area contributed by atoms with Gasteiger partial charge in [0.1, 0.15) is 5.82 Å². The van der Waals surface area contributed by atoms with E-state index in [4.69, 9.17) is 11.6 Å². The molecular formula is C15H13ClFNO2S. The molecule has 1 amide bonds. The van der Waals surface area contributed by atoms with Crippen LogP contribution in [0.2, 0.25) is 5.02 Å². The number of benzene rings is 1. The van der Waals surface area contributed by atoms with Crippen LogP contribution in [0.3, 0.4) is 0 Å². The Morgan fingerprint density at radius 3 is 2.95 bits per heavy atom. The summed E-state index contributed by atoms with van der Waals surface area (Å²) in [5.74, 6) is -0.845. The maximum atomic E-state index is 13.0. The molecule has 0 saturated carbocycles. The summed E-state index contributed by atoms with van der Waals surface area (Å²) in [6, 6.07) is 5.99. The number of aliphatic hydroxyl groups is 1. The van der Waals surface area contributed by atoms with Gasteiger partial charge in [-0.3, -0.25) is 4.79 Å².